The first kappa shape index (κ1) is 35.7. The Bertz CT molecular complexity index is 1490. The summed E-state index contributed by atoms with van der Waals surface area (Å²) < 4.78 is 7.89. The summed E-state index contributed by atoms with van der Waals surface area (Å²) in [6.07, 6.45) is 12.4. The predicted octanol–water partition coefficient (Wildman–Crippen LogP) is 10.6. The zero-order chi connectivity index (χ0) is 35.3. The average molecular weight is 681 g/mol. The molecule has 0 amide bonds. The topological polar surface area (TPSA) is 29.5 Å². The van der Waals surface area contributed by atoms with E-state index in [0.29, 0.717) is 39.9 Å². The van der Waals surface area contributed by atoms with Crippen LogP contribution >= 0.6 is 0 Å². The van der Waals surface area contributed by atoms with Gasteiger partial charge in [-0.3, -0.25) is 0 Å². The molecule has 1 N–H and O–H groups in total. The number of fused-ring (bicyclic) bond motifs is 7. The van der Waals surface area contributed by atoms with Gasteiger partial charge in [-0.25, -0.2) is 0 Å². The normalized spacial score (nSPS) is 41.6. The van der Waals surface area contributed by atoms with E-state index in [-0.39, 0.29) is 22.0 Å². The van der Waals surface area contributed by atoms with Crippen LogP contribution < -0.4 is 10.4 Å². The summed E-state index contributed by atoms with van der Waals surface area (Å²) in [5, 5.41) is 14.0. The van der Waals surface area contributed by atoms with Crippen molar-refractivity contribution in [3.8, 4) is 0 Å². The number of benzene rings is 2. The molecule has 3 heteroatoms. The fraction of sp³-hybridized carbons (Fsp3) is 0.696. The van der Waals surface area contributed by atoms with E-state index < -0.39 is 8.32 Å². The minimum absolute atomic E-state index is 0.00257. The molecule has 5 aliphatic carbocycles. The zero-order valence-electron chi connectivity index (χ0n) is 32.6. The van der Waals surface area contributed by atoms with Crippen LogP contribution in [0.4, 0.5) is 0 Å². The Kier molecular flexibility index (Phi) is 8.69. The van der Waals surface area contributed by atoms with Crippen LogP contribution in [0.5, 0.6) is 0 Å². The second-order valence-corrected chi connectivity index (χ2v) is 24.7. The van der Waals surface area contributed by atoms with Gasteiger partial charge in [-0.2, -0.15) is 0 Å². The predicted molar refractivity (Wildman–Crippen MR) is 209 cm³/mol. The van der Waals surface area contributed by atoms with Crippen molar-refractivity contribution in [1.82, 2.24) is 0 Å². The first-order chi connectivity index (χ1) is 23.0. The van der Waals surface area contributed by atoms with Gasteiger partial charge in [0.05, 0.1) is 6.10 Å². The second-order valence-electron chi connectivity index (χ2n) is 20.4. The molecule has 0 aromatic heterocycles. The molecule has 2 aromatic rings. The van der Waals surface area contributed by atoms with Gasteiger partial charge in [-0.1, -0.05) is 128 Å². The van der Waals surface area contributed by atoms with Crippen molar-refractivity contribution in [2.75, 3.05) is 6.61 Å². The standard InChI is InChI=1S/C46H68O2Si/c1-32(2)35-23-28-46(31-48-49(41(3,4)5,33-17-13-11-14-18-33)34-19-15-12-16-20-34)30-29-44(9)36(40(35)46)21-22-38-43(8)26-25-39(47)42(6,7)37(43)24-27-45(38,44)10/h11-20,35-40,47H,1,21-31H2,2-10H3/t35?,36?,37?,38?,39-,40?,43-,44+,45+,46+/m0/s1. The van der Waals surface area contributed by atoms with E-state index in [1.807, 2.05) is 0 Å². The lowest BCUT2D eigenvalue weighted by Gasteiger charge is -2.73. The third kappa shape index (κ3) is 4.97. The van der Waals surface area contributed by atoms with Crippen LogP contribution in [0.2, 0.25) is 5.04 Å². The maximum absolute atomic E-state index is 11.2. The molecule has 5 saturated carbocycles. The number of allylic oxidation sites excluding steroid dienone is 1. The van der Waals surface area contributed by atoms with Crippen molar-refractivity contribution in [1.29, 1.82) is 0 Å². The van der Waals surface area contributed by atoms with E-state index >= 15 is 0 Å². The summed E-state index contributed by atoms with van der Waals surface area (Å²) in [5.74, 6) is 3.27. The molecular formula is C46H68O2Si. The van der Waals surface area contributed by atoms with Gasteiger partial charge in [0.15, 0.2) is 0 Å². The molecule has 5 fully saturated rings. The van der Waals surface area contributed by atoms with Crippen LogP contribution in [0.1, 0.15) is 127 Å². The average Bonchev–Trinajstić information content (AvgIpc) is 3.44. The molecule has 5 unspecified atom stereocenters. The van der Waals surface area contributed by atoms with Crippen molar-refractivity contribution >= 4 is 18.7 Å². The van der Waals surface area contributed by atoms with Gasteiger partial charge in [0.1, 0.15) is 0 Å². The van der Waals surface area contributed by atoms with Crippen molar-refractivity contribution in [2.24, 2.45) is 56.7 Å². The summed E-state index contributed by atoms with van der Waals surface area (Å²) in [6, 6.07) is 22.6. The first-order valence-corrected chi connectivity index (χ1v) is 22.0. The fourth-order valence-corrected chi connectivity index (χ4v) is 19.2. The van der Waals surface area contributed by atoms with E-state index in [2.05, 4.69) is 123 Å². The van der Waals surface area contributed by atoms with E-state index in [0.717, 1.165) is 18.9 Å². The highest BCUT2D eigenvalue weighted by atomic mass is 28.4. The SMILES string of the molecule is C=C(C)C1CC[C@]2(CO[Si](c3ccccc3)(c3ccccc3)C(C)(C)C)CC[C@]3(C)C(CCC4[C@@]5(C)CC[C@H](O)C(C)(C)C5CC[C@]43C)C12. The molecule has 2 aromatic carbocycles. The summed E-state index contributed by atoms with van der Waals surface area (Å²) in [6.45, 7) is 28.1. The van der Waals surface area contributed by atoms with Crippen LogP contribution in [0.25, 0.3) is 0 Å². The van der Waals surface area contributed by atoms with Crippen LogP contribution in [0.15, 0.2) is 72.8 Å². The molecule has 49 heavy (non-hydrogen) atoms. The molecule has 5 aliphatic rings. The molecule has 0 bridgehead atoms. The zero-order valence-corrected chi connectivity index (χ0v) is 33.6. The van der Waals surface area contributed by atoms with Crippen LogP contribution in [-0.4, -0.2) is 26.1 Å². The highest BCUT2D eigenvalue weighted by Gasteiger charge is 2.71. The molecule has 10 atom stereocenters. The van der Waals surface area contributed by atoms with Gasteiger partial charge in [0.25, 0.3) is 8.32 Å². The lowest BCUT2D eigenvalue weighted by atomic mass is 9.32. The quantitative estimate of drug-likeness (QED) is 0.243. The molecule has 7 rings (SSSR count). The summed E-state index contributed by atoms with van der Waals surface area (Å²) in [5.41, 5.74) is 2.56. The molecule has 0 aliphatic heterocycles. The van der Waals surface area contributed by atoms with Crippen LogP contribution in [0, 0.1) is 56.7 Å². The maximum atomic E-state index is 11.2. The third-order valence-corrected chi connectivity index (χ3v) is 22.2. The molecular weight excluding hydrogens is 613 g/mol. The van der Waals surface area contributed by atoms with Crippen LogP contribution in [-0.2, 0) is 4.43 Å². The lowest BCUT2D eigenvalue weighted by Crippen LogP contribution is -2.69. The molecule has 0 spiro atoms. The van der Waals surface area contributed by atoms with Gasteiger partial charge >= 0.3 is 0 Å². The van der Waals surface area contributed by atoms with E-state index in [1.165, 1.54) is 73.7 Å². The van der Waals surface area contributed by atoms with Crippen LogP contribution in [0.3, 0.4) is 0 Å². The van der Waals surface area contributed by atoms with E-state index in [9.17, 15) is 5.11 Å². The fourth-order valence-electron chi connectivity index (χ4n) is 14.5. The lowest BCUT2D eigenvalue weighted by molar-refractivity contribution is -0.249. The van der Waals surface area contributed by atoms with Gasteiger partial charge in [0, 0.05) is 6.61 Å². The van der Waals surface area contributed by atoms with Gasteiger partial charge in [-0.05, 0) is 143 Å². The Morgan fingerprint density at radius 3 is 1.94 bits per heavy atom. The summed E-state index contributed by atoms with van der Waals surface area (Å²) in [4.78, 5) is 0. The largest absolute Gasteiger partial charge is 0.407 e. The molecule has 0 saturated heterocycles. The first-order valence-electron chi connectivity index (χ1n) is 20.1. The molecule has 2 nitrogen and oxygen atoms in total. The van der Waals surface area contributed by atoms with Crippen molar-refractivity contribution in [3.05, 3.63) is 72.8 Å². The highest BCUT2D eigenvalue weighted by molar-refractivity contribution is 6.99. The molecule has 0 heterocycles. The van der Waals surface area contributed by atoms with Crippen molar-refractivity contribution < 1.29 is 9.53 Å². The van der Waals surface area contributed by atoms with Gasteiger partial charge in [-0.15, -0.1) is 0 Å². The minimum atomic E-state index is -2.64. The number of aliphatic hydroxyl groups is 1. The Morgan fingerprint density at radius 1 is 0.755 bits per heavy atom. The Labute approximate surface area is 301 Å². The monoisotopic (exact) mass is 680 g/mol. The Balaban J connectivity index is 1.27. The van der Waals surface area contributed by atoms with Gasteiger partial charge < -0.3 is 9.53 Å². The Hall–Kier alpha value is -1.68. The summed E-state index contributed by atoms with van der Waals surface area (Å²) >= 11 is 0. The smallest absolute Gasteiger partial charge is 0.261 e. The number of hydrogen-bond acceptors (Lipinski definition) is 2. The van der Waals surface area contributed by atoms with Gasteiger partial charge in [0.2, 0.25) is 0 Å². The summed E-state index contributed by atoms with van der Waals surface area (Å²) in [7, 11) is -2.64. The number of aliphatic hydroxyl groups excluding tert-OH is 1. The third-order valence-electron chi connectivity index (χ3n) is 17.2. The molecule has 268 valence electrons. The van der Waals surface area contributed by atoms with E-state index in [4.69, 9.17) is 11.0 Å². The highest BCUT2D eigenvalue weighted by Crippen LogP contribution is 2.77. The number of rotatable bonds is 6. The van der Waals surface area contributed by atoms with Crippen molar-refractivity contribution in [2.45, 2.75) is 138 Å². The Morgan fingerprint density at radius 2 is 1.37 bits per heavy atom. The maximum Gasteiger partial charge on any atom is 0.261 e. The minimum Gasteiger partial charge on any atom is -0.407 e. The number of hydrogen-bond donors (Lipinski definition) is 1. The van der Waals surface area contributed by atoms with E-state index in [1.54, 1.807) is 0 Å². The molecule has 0 radical (unpaired) electrons. The second kappa shape index (κ2) is 11.9. The van der Waals surface area contributed by atoms with Crippen molar-refractivity contribution in [3.63, 3.8) is 0 Å².